The molecule has 1 N–H and O–H groups in total. The summed E-state index contributed by atoms with van der Waals surface area (Å²) in [6, 6.07) is 5.94. The van der Waals surface area contributed by atoms with Gasteiger partial charge < -0.3 is 9.88 Å². The number of hydrogen-bond donors (Lipinski definition) is 1. The van der Waals surface area contributed by atoms with E-state index in [1.54, 1.807) is 12.3 Å². The highest BCUT2D eigenvalue weighted by Gasteiger charge is 2.23. The van der Waals surface area contributed by atoms with Gasteiger partial charge in [0.15, 0.2) is 0 Å². The minimum Gasteiger partial charge on any atom is -0.340 e. The molecule has 6 heteroatoms. The molecule has 1 aliphatic carbocycles. The molecule has 1 fully saturated rings. The number of halogens is 2. The first kappa shape index (κ1) is 13.6. The van der Waals surface area contributed by atoms with E-state index in [-0.39, 0.29) is 5.91 Å². The number of carbonyl (C=O) groups is 1. The third kappa shape index (κ3) is 2.60. The first-order valence-corrected chi connectivity index (χ1v) is 7.61. The highest BCUT2D eigenvalue weighted by atomic mass is 79.9. The Balaban J connectivity index is 1.79. The van der Waals surface area contributed by atoms with E-state index in [2.05, 4.69) is 30.8 Å². The molecule has 104 valence electrons. The lowest BCUT2D eigenvalue weighted by atomic mass is 9.93. The van der Waals surface area contributed by atoms with Crippen molar-refractivity contribution in [2.45, 2.75) is 25.3 Å². The van der Waals surface area contributed by atoms with Crippen molar-refractivity contribution in [2.24, 2.45) is 0 Å². The van der Waals surface area contributed by atoms with Gasteiger partial charge in [-0.2, -0.15) is 0 Å². The van der Waals surface area contributed by atoms with E-state index in [0.717, 1.165) is 12.8 Å². The second kappa shape index (κ2) is 5.58. The fraction of sp³-hybridized carbons (Fsp3) is 0.286. The molecule has 0 spiro atoms. The average molecular weight is 355 g/mol. The third-order valence-electron chi connectivity index (χ3n) is 3.53. The zero-order valence-corrected chi connectivity index (χ0v) is 13.0. The first-order chi connectivity index (χ1) is 9.65. The minimum atomic E-state index is -0.127. The van der Waals surface area contributed by atoms with Crippen molar-refractivity contribution in [3.05, 3.63) is 45.9 Å². The van der Waals surface area contributed by atoms with E-state index < -0.39 is 0 Å². The van der Waals surface area contributed by atoms with Crippen LogP contribution in [-0.4, -0.2) is 15.5 Å². The Morgan fingerprint density at radius 1 is 1.50 bits per heavy atom. The van der Waals surface area contributed by atoms with Gasteiger partial charge in [-0.05, 0) is 53.4 Å². The van der Waals surface area contributed by atoms with Gasteiger partial charge in [-0.1, -0.05) is 11.6 Å². The van der Waals surface area contributed by atoms with Crippen LogP contribution >= 0.6 is 27.5 Å². The molecule has 2 aromatic heterocycles. The number of nitrogens with zero attached hydrogens (tertiary/aromatic N) is 2. The minimum absolute atomic E-state index is 0.127. The summed E-state index contributed by atoms with van der Waals surface area (Å²) in [6.07, 6.45) is 7.03. The van der Waals surface area contributed by atoms with Crippen molar-refractivity contribution in [2.75, 3.05) is 5.32 Å². The molecule has 1 amide bonds. The van der Waals surface area contributed by atoms with Crippen molar-refractivity contribution in [1.82, 2.24) is 9.55 Å². The maximum atomic E-state index is 12.3. The van der Waals surface area contributed by atoms with Crippen LogP contribution in [0.25, 0.3) is 0 Å². The number of pyridine rings is 1. The molecule has 1 aliphatic rings. The summed E-state index contributed by atoms with van der Waals surface area (Å²) in [5, 5.41) is 3.22. The first-order valence-electron chi connectivity index (χ1n) is 6.44. The summed E-state index contributed by atoms with van der Waals surface area (Å²) in [5.74, 6) is -0.127. The molecule has 0 aliphatic heterocycles. The van der Waals surface area contributed by atoms with E-state index in [4.69, 9.17) is 11.6 Å². The van der Waals surface area contributed by atoms with Crippen molar-refractivity contribution in [1.29, 1.82) is 0 Å². The lowest BCUT2D eigenvalue weighted by molar-refractivity contribution is 0.101. The SMILES string of the molecule is O=C(Nc1cnc(Cl)c(Br)c1)c1cccn1C1CCC1. The Bertz CT molecular complexity index is 652. The molecule has 20 heavy (non-hydrogen) atoms. The normalized spacial score (nSPS) is 14.9. The lowest BCUT2D eigenvalue weighted by Crippen LogP contribution is -2.23. The highest BCUT2D eigenvalue weighted by Crippen LogP contribution is 2.33. The number of aromatic nitrogens is 2. The van der Waals surface area contributed by atoms with Gasteiger partial charge >= 0.3 is 0 Å². The van der Waals surface area contributed by atoms with Crippen molar-refractivity contribution >= 4 is 39.1 Å². The average Bonchev–Trinajstić information content (AvgIpc) is 2.81. The zero-order chi connectivity index (χ0) is 14.1. The Hall–Kier alpha value is -1.33. The second-order valence-corrected chi connectivity index (χ2v) is 6.05. The lowest BCUT2D eigenvalue weighted by Gasteiger charge is -2.28. The molecule has 1 saturated carbocycles. The molecule has 4 nitrogen and oxygen atoms in total. The molecule has 0 unspecified atom stereocenters. The molecule has 3 rings (SSSR count). The van der Waals surface area contributed by atoms with E-state index in [9.17, 15) is 4.79 Å². The molecule has 2 aromatic rings. The van der Waals surface area contributed by atoms with E-state index in [1.165, 1.54) is 6.42 Å². The van der Waals surface area contributed by atoms with Crippen LogP contribution in [0.5, 0.6) is 0 Å². The summed E-state index contributed by atoms with van der Waals surface area (Å²) in [5.41, 5.74) is 1.30. The van der Waals surface area contributed by atoms with Gasteiger partial charge in [0.1, 0.15) is 10.8 Å². The van der Waals surface area contributed by atoms with Crippen LogP contribution in [-0.2, 0) is 0 Å². The van der Waals surface area contributed by atoms with Crippen LogP contribution in [0.4, 0.5) is 5.69 Å². The highest BCUT2D eigenvalue weighted by molar-refractivity contribution is 9.10. The summed E-state index contributed by atoms with van der Waals surface area (Å²) in [7, 11) is 0. The Labute approximate surface area is 130 Å². The summed E-state index contributed by atoms with van der Waals surface area (Å²) >= 11 is 9.13. The smallest absolute Gasteiger partial charge is 0.272 e. The zero-order valence-electron chi connectivity index (χ0n) is 10.6. The van der Waals surface area contributed by atoms with Gasteiger partial charge in [0, 0.05) is 12.2 Å². The standard InChI is InChI=1S/C14H13BrClN3O/c15-11-7-9(8-17-13(11)16)18-14(20)12-5-2-6-19(12)10-3-1-4-10/h2,5-8,10H,1,3-4H2,(H,18,20). The van der Waals surface area contributed by atoms with Gasteiger partial charge in [0.2, 0.25) is 0 Å². The van der Waals surface area contributed by atoms with Crippen molar-refractivity contribution < 1.29 is 4.79 Å². The number of amides is 1. The van der Waals surface area contributed by atoms with Gasteiger partial charge in [-0.3, -0.25) is 4.79 Å². The van der Waals surface area contributed by atoms with Gasteiger partial charge in [0.25, 0.3) is 5.91 Å². The van der Waals surface area contributed by atoms with Crippen molar-refractivity contribution in [3.63, 3.8) is 0 Å². The molecule has 0 bridgehead atoms. The van der Waals surface area contributed by atoms with Crippen LogP contribution in [0.3, 0.4) is 0 Å². The largest absolute Gasteiger partial charge is 0.340 e. The third-order valence-corrected chi connectivity index (χ3v) is 4.67. The molecule has 2 heterocycles. The molecule has 0 atom stereocenters. The Morgan fingerprint density at radius 3 is 2.95 bits per heavy atom. The summed E-state index contributed by atoms with van der Waals surface area (Å²) < 4.78 is 2.71. The molecular formula is C14H13BrClN3O. The fourth-order valence-corrected chi connectivity index (χ4v) is 2.71. The van der Waals surface area contributed by atoms with Crippen LogP contribution in [0.1, 0.15) is 35.8 Å². The van der Waals surface area contributed by atoms with E-state index in [0.29, 0.717) is 27.0 Å². The monoisotopic (exact) mass is 353 g/mol. The molecule has 0 aromatic carbocycles. The fourth-order valence-electron chi connectivity index (χ4n) is 2.25. The number of rotatable bonds is 3. The van der Waals surface area contributed by atoms with Crippen LogP contribution < -0.4 is 5.32 Å². The Kier molecular flexibility index (Phi) is 3.81. The van der Waals surface area contributed by atoms with Gasteiger partial charge in [-0.15, -0.1) is 0 Å². The molecular weight excluding hydrogens is 342 g/mol. The Morgan fingerprint density at radius 2 is 2.30 bits per heavy atom. The number of anilines is 1. The topological polar surface area (TPSA) is 46.9 Å². The second-order valence-electron chi connectivity index (χ2n) is 4.84. The molecule has 0 radical (unpaired) electrons. The maximum Gasteiger partial charge on any atom is 0.272 e. The summed E-state index contributed by atoms with van der Waals surface area (Å²) in [6.45, 7) is 0. The van der Waals surface area contributed by atoms with Crippen LogP contribution in [0.2, 0.25) is 5.15 Å². The summed E-state index contributed by atoms with van der Waals surface area (Å²) in [4.78, 5) is 16.3. The van der Waals surface area contributed by atoms with Crippen LogP contribution in [0.15, 0.2) is 35.1 Å². The quantitative estimate of drug-likeness (QED) is 0.836. The van der Waals surface area contributed by atoms with E-state index >= 15 is 0 Å². The predicted octanol–water partition coefficient (Wildman–Crippen LogP) is 4.28. The van der Waals surface area contributed by atoms with Crippen LogP contribution in [0, 0.1) is 0 Å². The number of hydrogen-bond acceptors (Lipinski definition) is 2. The predicted molar refractivity (Wildman–Crippen MR) is 82.2 cm³/mol. The van der Waals surface area contributed by atoms with E-state index in [1.807, 2.05) is 18.3 Å². The maximum absolute atomic E-state index is 12.3. The van der Waals surface area contributed by atoms with Gasteiger partial charge in [-0.25, -0.2) is 4.98 Å². The molecule has 0 saturated heterocycles. The number of nitrogens with one attached hydrogen (secondary N) is 1. The number of carbonyl (C=O) groups excluding carboxylic acids is 1. The van der Waals surface area contributed by atoms with Gasteiger partial charge in [0.05, 0.1) is 16.4 Å². The van der Waals surface area contributed by atoms with Crippen molar-refractivity contribution in [3.8, 4) is 0 Å².